The Morgan fingerprint density at radius 3 is 1.56 bits per heavy atom. The van der Waals surface area contributed by atoms with Gasteiger partial charge in [0.05, 0.1) is 29.4 Å². The molecule has 1 heterocycles. The van der Waals surface area contributed by atoms with E-state index in [2.05, 4.69) is 98.7 Å². The number of ketones is 4. The van der Waals surface area contributed by atoms with Crippen molar-refractivity contribution in [3.63, 3.8) is 0 Å². The van der Waals surface area contributed by atoms with Crippen molar-refractivity contribution in [1.82, 2.24) is 5.43 Å². The summed E-state index contributed by atoms with van der Waals surface area (Å²) in [4.78, 5) is 78.6. The van der Waals surface area contributed by atoms with Gasteiger partial charge in [-0.05, 0) is 93.8 Å². The third-order valence-electron chi connectivity index (χ3n) is 14.6. The van der Waals surface area contributed by atoms with Crippen LogP contribution in [0.5, 0.6) is 0 Å². The zero-order chi connectivity index (χ0) is 59.2. The molecule has 4 unspecified atom stereocenters. The average Bonchev–Trinajstić information content (AvgIpc) is 3.85. The topological polar surface area (TPSA) is 152 Å². The molecule has 3 aliphatic carbocycles. The molecule has 0 spiro atoms. The molecular formula is C69H75ClN4O7. The van der Waals surface area contributed by atoms with Crippen molar-refractivity contribution in [2.24, 2.45) is 49.6 Å². The maximum atomic E-state index is 13.3. The van der Waals surface area contributed by atoms with Crippen LogP contribution in [-0.2, 0) is 30.5 Å². The van der Waals surface area contributed by atoms with E-state index in [1.807, 2.05) is 110 Å². The van der Waals surface area contributed by atoms with E-state index in [1.165, 1.54) is 0 Å². The largest absolute Gasteiger partial charge is 0.460 e. The number of rotatable bonds is 8. The Bertz CT molecular complexity index is 3290. The van der Waals surface area contributed by atoms with Gasteiger partial charge in [0.1, 0.15) is 12.5 Å². The lowest BCUT2D eigenvalue weighted by Gasteiger charge is -2.34. The summed E-state index contributed by atoms with van der Waals surface area (Å²) < 4.78 is 5.44. The minimum Gasteiger partial charge on any atom is -0.460 e. The Labute approximate surface area is 483 Å². The number of fused-ring (bicyclic) bond motifs is 1. The van der Waals surface area contributed by atoms with Gasteiger partial charge in [-0.3, -0.25) is 28.8 Å². The third-order valence-corrected chi connectivity index (χ3v) is 14.8. The molecule has 11 nitrogen and oxygen atoms in total. The quantitative estimate of drug-likeness (QED) is 0.0916. The van der Waals surface area contributed by atoms with Crippen LogP contribution in [0.2, 0.25) is 5.02 Å². The monoisotopic (exact) mass is 1110 g/mol. The molecule has 0 radical (unpaired) electrons. The molecule has 0 bridgehead atoms. The lowest BCUT2D eigenvalue weighted by molar-refractivity contribution is -0.148. The zero-order valence-electron chi connectivity index (χ0n) is 48.8. The van der Waals surface area contributed by atoms with E-state index >= 15 is 0 Å². The minimum atomic E-state index is -1.19. The highest BCUT2D eigenvalue weighted by molar-refractivity contribution is 6.30. The van der Waals surface area contributed by atoms with Crippen molar-refractivity contribution < 1.29 is 33.5 Å². The van der Waals surface area contributed by atoms with E-state index in [-0.39, 0.29) is 80.7 Å². The summed E-state index contributed by atoms with van der Waals surface area (Å²) in [6.07, 6.45) is 9.59. The molecule has 1 N–H and O–H groups in total. The lowest BCUT2D eigenvalue weighted by atomic mass is 9.68. The van der Waals surface area contributed by atoms with Gasteiger partial charge in [0.15, 0.2) is 23.1 Å². The number of para-hydroxylation sites is 1. The molecule has 5 aromatic carbocycles. The first-order valence-electron chi connectivity index (χ1n) is 27.5. The van der Waals surface area contributed by atoms with Crippen LogP contribution in [0.3, 0.4) is 0 Å². The molecule has 5 aromatic rings. The van der Waals surface area contributed by atoms with Gasteiger partial charge in [-0.1, -0.05) is 210 Å². The maximum absolute atomic E-state index is 13.3. The highest BCUT2D eigenvalue weighted by Crippen LogP contribution is 2.44. The van der Waals surface area contributed by atoms with Crippen LogP contribution < -0.4 is 10.4 Å². The van der Waals surface area contributed by atoms with Crippen LogP contribution in [0.1, 0.15) is 128 Å². The van der Waals surface area contributed by atoms with Gasteiger partial charge >= 0.3 is 5.97 Å². The van der Waals surface area contributed by atoms with E-state index in [4.69, 9.17) is 16.3 Å². The normalized spacial score (nSPS) is 19.8. The summed E-state index contributed by atoms with van der Waals surface area (Å²) in [6.45, 7) is 26.8. The Morgan fingerprint density at radius 1 is 0.593 bits per heavy atom. The number of Topliss-reactive ketones (excluding diaryl/α,β-unsaturated/α-hetero) is 4. The predicted molar refractivity (Wildman–Crippen MR) is 322 cm³/mol. The summed E-state index contributed by atoms with van der Waals surface area (Å²) in [5.74, 6) is -3.43. The number of nitrogens with zero attached hydrogens (tertiary/aromatic N) is 3. The van der Waals surface area contributed by atoms with Crippen molar-refractivity contribution in [2.45, 2.75) is 109 Å². The molecule has 12 heteroatoms. The molecule has 4 aliphatic rings. The highest BCUT2D eigenvalue weighted by Gasteiger charge is 2.48. The van der Waals surface area contributed by atoms with Crippen LogP contribution in [-0.4, -0.2) is 41.1 Å². The number of hydrogen-bond donors (Lipinski definition) is 1. The molecule has 81 heavy (non-hydrogen) atoms. The van der Waals surface area contributed by atoms with E-state index in [0.29, 0.717) is 16.1 Å². The summed E-state index contributed by atoms with van der Waals surface area (Å²) >= 11 is 5.87. The van der Waals surface area contributed by atoms with Crippen molar-refractivity contribution in [3.8, 4) is 0 Å². The second-order valence-corrected chi connectivity index (χ2v) is 25.5. The number of hydrazine groups is 1. The molecule has 1 amide bonds. The van der Waals surface area contributed by atoms with Crippen molar-refractivity contribution in [3.05, 3.63) is 225 Å². The number of benzene rings is 5. The van der Waals surface area contributed by atoms with Gasteiger partial charge in [-0.2, -0.15) is 10.2 Å². The molecule has 1 saturated heterocycles. The number of amides is 1. The summed E-state index contributed by atoms with van der Waals surface area (Å²) in [5, 5.41) is 10.7. The number of nitrogens with one attached hydrogen (secondary N) is 1. The SMILES string of the molecule is CC(C)(C)C1=CC(=CN=Nc2ccc(Cl)cc2)C=C(C(C)(C)C)C1=O.CC1NN(c2ccccc2)C(=O)C1C1C=C(C(C)(C)C)C(=O)C(C(C)(C)C)=C1.O=C(OCc1ccccc1)C1C(=O)c2ccccc2C(=O)C1c1ccccc1. The fraction of sp³-hybridized carbons (Fsp3) is 0.333. The van der Waals surface area contributed by atoms with Gasteiger partial charge in [0.25, 0.3) is 0 Å². The maximum Gasteiger partial charge on any atom is 0.318 e. The van der Waals surface area contributed by atoms with Crippen LogP contribution >= 0.6 is 11.6 Å². The lowest BCUT2D eigenvalue weighted by Crippen LogP contribution is -2.40. The van der Waals surface area contributed by atoms with Gasteiger partial charge < -0.3 is 4.74 Å². The minimum absolute atomic E-state index is 0.0270. The van der Waals surface area contributed by atoms with Crippen LogP contribution in [0.4, 0.5) is 11.4 Å². The number of hydrogen-bond acceptors (Lipinski definition) is 10. The van der Waals surface area contributed by atoms with Gasteiger partial charge in [0, 0.05) is 50.4 Å². The molecule has 0 saturated carbocycles. The first-order valence-corrected chi connectivity index (χ1v) is 27.9. The first kappa shape index (κ1) is 60.9. The highest BCUT2D eigenvalue weighted by atomic mass is 35.5. The number of carbonyl (C=O) groups excluding carboxylic acids is 6. The van der Waals surface area contributed by atoms with Crippen LogP contribution in [0.25, 0.3) is 0 Å². The van der Waals surface area contributed by atoms with Gasteiger partial charge in [-0.15, -0.1) is 0 Å². The number of esters is 1. The summed E-state index contributed by atoms with van der Waals surface area (Å²) in [6, 6.07) is 41.6. The van der Waals surface area contributed by atoms with Gasteiger partial charge in [-0.25, -0.2) is 10.4 Å². The van der Waals surface area contributed by atoms with E-state index < -0.39 is 17.8 Å². The predicted octanol–water partition coefficient (Wildman–Crippen LogP) is 15.7. The Hall–Kier alpha value is -7.73. The van der Waals surface area contributed by atoms with E-state index in [1.54, 1.807) is 71.9 Å². The van der Waals surface area contributed by atoms with Gasteiger partial charge in [0.2, 0.25) is 5.91 Å². The third kappa shape index (κ3) is 14.6. The second kappa shape index (κ2) is 25.0. The number of halogens is 1. The molecular weight excluding hydrogens is 1030 g/mol. The molecule has 9 rings (SSSR count). The Kier molecular flexibility index (Phi) is 18.8. The van der Waals surface area contributed by atoms with E-state index in [9.17, 15) is 28.8 Å². The molecule has 4 atom stereocenters. The van der Waals surface area contributed by atoms with Crippen LogP contribution in [0.15, 0.2) is 208 Å². The number of ether oxygens (including phenoxy) is 1. The van der Waals surface area contributed by atoms with Crippen molar-refractivity contribution in [2.75, 3.05) is 5.01 Å². The van der Waals surface area contributed by atoms with Crippen LogP contribution in [0, 0.1) is 39.4 Å². The molecule has 1 fully saturated rings. The molecule has 1 aliphatic heterocycles. The number of azo groups is 1. The fourth-order valence-electron chi connectivity index (χ4n) is 10.2. The Balaban J connectivity index is 0.000000176. The van der Waals surface area contributed by atoms with Crippen molar-refractivity contribution in [1.29, 1.82) is 0 Å². The Morgan fingerprint density at radius 2 is 1.05 bits per heavy atom. The first-order chi connectivity index (χ1) is 38.1. The zero-order valence-corrected chi connectivity index (χ0v) is 49.6. The molecule has 0 aromatic heterocycles. The number of carbonyl (C=O) groups is 6. The summed E-state index contributed by atoms with van der Waals surface area (Å²) in [5.41, 5.74) is 10.1. The van der Waals surface area contributed by atoms with E-state index in [0.717, 1.165) is 44.8 Å². The smallest absolute Gasteiger partial charge is 0.318 e. The average molecular weight is 1110 g/mol. The second-order valence-electron chi connectivity index (χ2n) is 25.0. The fourth-order valence-corrected chi connectivity index (χ4v) is 10.4. The molecule has 420 valence electrons. The van der Waals surface area contributed by atoms with Crippen molar-refractivity contribution >= 4 is 58.0 Å². The number of allylic oxidation sites excluding steroid dienone is 9. The standard InChI is InChI=1S/C24H32N2O2.C24H18O4.C21H25ClN2O/c1-15-20(22(28)26(25-15)17-11-9-8-10-12-17)16-13-18(23(2,3)4)21(27)19(14-16)24(5,6)7;25-22-18-13-7-8-14-19(18)23(26)21(20(22)17-11-5-2-6-12-17)24(27)28-15-16-9-3-1-4-10-16;1-20(2,3)17-11-14(12-18(19(17)25)21(4,5)6)13-23-24-16-9-7-15(22)8-10-16/h8-16,20,25H,1-7H3;1-14,20-21H,15H2;7-13H,1-6H3. The summed E-state index contributed by atoms with van der Waals surface area (Å²) in [7, 11) is 0. The number of anilines is 1.